The van der Waals surface area contributed by atoms with E-state index in [2.05, 4.69) is 0 Å². The first-order chi connectivity index (χ1) is 9.07. The predicted molar refractivity (Wildman–Crippen MR) is 75.4 cm³/mol. The van der Waals surface area contributed by atoms with E-state index in [1.165, 1.54) is 7.11 Å². The van der Waals surface area contributed by atoms with Gasteiger partial charge in [-0.15, -0.1) is 11.8 Å². The summed E-state index contributed by atoms with van der Waals surface area (Å²) >= 11 is 1.74. The zero-order valence-corrected chi connectivity index (χ0v) is 12.0. The Morgan fingerprint density at radius 2 is 2.26 bits per heavy atom. The third-order valence-corrected chi connectivity index (χ3v) is 4.70. The average Bonchev–Trinajstić information content (AvgIpc) is 2.80. The van der Waals surface area contributed by atoms with Gasteiger partial charge in [0.05, 0.1) is 14.2 Å². The number of thioether (sulfide) groups is 1. The maximum atomic E-state index is 11.7. The van der Waals surface area contributed by atoms with Gasteiger partial charge in [0.15, 0.2) is 0 Å². The number of ether oxygens (including phenoxy) is 2. The van der Waals surface area contributed by atoms with E-state index < -0.39 is 5.54 Å². The zero-order chi connectivity index (χ0) is 13.9. The summed E-state index contributed by atoms with van der Waals surface area (Å²) in [6, 6.07) is 7.92. The van der Waals surface area contributed by atoms with Crippen LogP contribution in [0, 0.1) is 0 Å². The van der Waals surface area contributed by atoms with Crippen LogP contribution in [0.4, 0.5) is 0 Å². The van der Waals surface area contributed by atoms with E-state index in [0.717, 1.165) is 17.1 Å². The van der Waals surface area contributed by atoms with Crippen molar-refractivity contribution in [1.29, 1.82) is 0 Å². The van der Waals surface area contributed by atoms with Crippen molar-refractivity contribution < 1.29 is 14.3 Å². The molecule has 1 aromatic carbocycles. The number of benzene rings is 1. The van der Waals surface area contributed by atoms with Gasteiger partial charge < -0.3 is 15.2 Å². The summed E-state index contributed by atoms with van der Waals surface area (Å²) in [5, 5.41) is 0.344. The van der Waals surface area contributed by atoms with Gasteiger partial charge in [-0.25, -0.2) is 0 Å². The molecule has 1 fully saturated rings. The lowest BCUT2D eigenvalue weighted by Gasteiger charge is -2.20. The van der Waals surface area contributed by atoms with E-state index in [-0.39, 0.29) is 5.97 Å². The van der Waals surface area contributed by atoms with E-state index >= 15 is 0 Å². The summed E-state index contributed by atoms with van der Waals surface area (Å²) in [7, 11) is 3.04. The summed E-state index contributed by atoms with van der Waals surface area (Å²) in [6.45, 7) is 0. The molecule has 0 saturated heterocycles. The van der Waals surface area contributed by atoms with Crippen molar-refractivity contribution in [3.63, 3.8) is 0 Å². The maximum absolute atomic E-state index is 11.7. The minimum absolute atomic E-state index is 0.304. The first-order valence-corrected chi connectivity index (χ1v) is 7.13. The number of esters is 1. The molecular weight excluding hydrogens is 262 g/mol. The van der Waals surface area contributed by atoms with Gasteiger partial charge in [0.1, 0.15) is 11.3 Å². The fourth-order valence-electron chi connectivity index (χ4n) is 2.39. The van der Waals surface area contributed by atoms with E-state index in [1.807, 2.05) is 24.3 Å². The molecular formula is C14H19NO3S. The number of methoxy groups -OCH3 is 2. The van der Waals surface area contributed by atoms with Crippen LogP contribution in [0.2, 0.25) is 0 Å². The molecule has 2 N–H and O–H groups in total. The van der Waals surface area contributed by atoms with Crippen molar-refractivity contribution >= 4 is 17.7 Å². The molecule has 0 aliphatic heterocycles. The minimum Gasteiger partial charge on any atom is -0.497 e. The Morgan fingerprint density at radius 1 is 1.47 bits per heavy atom. The lowest BCUT2D eigenvalue weighted by atomic mass is 10.00. The number of hydrogen-bond donors (Lipinski definition) is 1. The summed E-state index contributed by atoms with van der Waals surface area (Å²) < 4.78 is 9.98. The van der Waals surface area contributed by atoms with E-state index in [4.69, 9.17) is 15.2 Å². The van der Waals surface area contributed by atoms with E-state index in [0.29, 0.717) is 18.1 Å². The Kier molecular flexibility index (Phi) is 4.37. The third-order valence-electron chi connectivity index (χ3n) is 3.44. The quantitative estimate of drug-likeness (QED) is 0.857. The van der Waals surface area contributed by atoms with Crippen molar-refractivity contribution in [2.24, 2.45) is 5.73 Å². The Balaban J connectivity index is 2.00. The highest BCUT2D eigenvalue weighted by atomic mass is 32.2. The SMILES string of the molecule is COC(=O)C1(N)CCC(Sc2cccc(OC)c2)C1. The summed E-state index contributed by atoms with van der Waals surface area (Å²) in [4.78, 5) is 12.8. The fourth-order valence-corrected chi connectivity index (χ4v) is 3.73. The van der Waals surface area contributed by atoms with Crippen LogP contribution in [0.5, 0.6) is 5.75 Å². The van der Waals surface area contributed by atoms with Crippen molar-refractivity contribution in [2.45, 2.75) is 34.9 Å². The highest BCUT2D eigenvalue weighted by molar-refractivity contribution is 8.00. The molecule has 0 radical (unpaired) electrons. The minimum atomic E-state index is -0.814. The maximum Gasteiger partial charge on any atom is 0.325 e. The normalized spacial score (nSPS) is 26.2. The lowest BCUT2D eigenvalue weighted by molar-refractivity contribution is -0.146. The molecule has 19 heavy (non-hydrogen) atoms. The smallest absolute Gasteiger partial charge is 0.325 e. The van der Waals surface area contributed by atoms with Gasteiger partial charge in [0.25, 0.3) is 0 Å². The molecule has 1 aromatic rings. The van der Waals surface area contributed by atoms with Gasteiger partial charge in [-0.3, -0.25) is 4.79 Å². The van der Waals surface area contributed by atoms with Crippen LogP contribution in [0.1, 0.15) is 19.3 Å². The second-order valence-corrected chi connectivity index (χ2v) is 6.18. The Labute approximate surface area is 117 Å². The van der Waals surface area contributed by atoms with Crippen molar-refractivity contribution in [3.05, 3.63) is 24.3 Å². The van der Waals surface area contributed by atoms with Crippen LogP contribution in [0.15, 0.2) is 29.2 Å². The Hall–Kier alpha value is -1.20. The highest BCUT2D eigenvalue weighted by Gasteiger charge is 2.43. The van der Waals surface area contributed by atoms with Crippen LogP contribution < -0.4 is 10.5 Å². The van der Waals surface area contributed by atoms with Gasteiger partial charge in [0.2, 0.25) is 0 Å². The number of hydrogen-bond acceptors (Lipinski definition) is 5. The van der Waals surface area contributed by atoms with Crippen LogP contribution in [0.3, 0.4) is 0 Å². The monoisotopic (exact) mass is 281 g/mol. The van der Waals surface area contributed by atoms with E-state index in [9.17, 15) is 4.79 Å². The number of nitrogens with two attached hydrogens (primary N) is 1. The molecule has 1 aliphatic carbocycles. The lowest BCUT2D eigenvalue weighted by Crippen LogP contribution is -2.46. The fraction of sp³-hybridized carbons (Fsp3) is 0.500. The first-order valence-electron chi connectivity index (χ1n) is 6.25. The van der Waals surface area contributed by atoms with Crippen molar-refractivity contribution in [2.75, 3.05) is 14.2 Å². The molecule has 0 heterocycles. The molecule has 1 aliphatic rings. The summed E-state index contributed by atoms with van der Waals surface area (Å²) in [6.07, 6.45) is 2.26. The van der Waals surface area contributed by atoms with Gasteiger partial charge in [0, 0.05) is 10.1 Å². The largest absolute Gasteiger partial charge is 0.497 e. The van der Waals surface area contributed by atoms with Gasteiger partial charge in [-0.1, -0.05) is 6.07 Å². The highest BCUT2D eigenvalue weighted by Crippen LogP contribution is 2.40. The third kappa shape index (κ3) is 3.22. The molecule has 2 unspecified atom stereocenters. The number of carbonyl (C=O) groups is 1. The summed E-state index contributed by atoms with van der Waals surface area (Å²) in [5.41, 5.74) is 5.29. The second kappa shape index (κ2) is 5.84. The van der Waals surface area contributed by atoms with Crippen LogP contribution >= 0.6 is 11.8 Å². The van der Waals surface area contributed by atoms with Crippen LogP contribution in [0.25, 0.3) is 0 Å². The molecule has 1 saturated carbocycles. The van der Waals surface area contributed by atoms with Crippen molar-refractivity contribution in [3.8, 4) is 5.75 Å². The molecule has 0 bridgehead atoms. The van der Waals surface area contributed by atoms with Crippen LogP contribution in [-0.4, -0.2) is 31.0 Å². The molecule has 5 heteroatoms. The molecule has 4 nitrogen and oxygen atoms in total. The zero-order valence-electron chi connectivity index (χ0n) is 11.2. The molecule has 104 valence electrons. The van der Waals surface area contributed by atoms with E-state index in [1.54, 1.807) is 18.9 Å². The molecule has 2 rings (SSSR count). The van der Waals surface area contributed by atoms with Gasteiger partial charge in [-0.2, -0.15) is 0 Å². The molecule has 2 atom stereocenters. The average molecular weight is 281 g/mol. The molecule has 0 amide bonds. The first kappa shape index (κ1) is 14.2. The second-order valence-electron chi connectivity index (χ2n) is 4.81. The van der Waals surface area contributed by atoms with Gasteiger partial charge in [-0.05, 0) is 37.5 Å². The number of rotatable bonds is 4. The summed E-state index contributed by atoms with van der Waals surface area (Å²) in [5.74, 6) is 0.538. The topological polar surface area (TPSA) is 61.5 Å². The predicted octanol–water partition coefficient (Wildman–Crippen LogP) is 2.21. The molecule has 0 aromatic heterocycles. The number of carbonyl (C=O) groups excluding carboxylic acids is 1. The molecule has 0 spiro atoms. The van der Waals surface area contributed by atoms with Gasteiger partial charge >= 0.3 is 5.97 Å². The Bertz CT molecular complexity index is 466. The standard InChI is InChI=1S/C14H19NO3S/c1-17-10-4-3-5-11(8-10)19-12-6-7-14(15,9-12)13(16)18-2/h3-5,8,12H,6-7,9,15H2,1-2H3. The Morgan fingerprint density at radius 3 is 2.95 bits per heavy atom. The van der Waals surface area contributed by atoms with Crippen LogP contribution in [-0.2, 0) is 9.53 Å². The van der Waals surface area contributed by atoms with Crippen molar-refractivity contribution in [1.82, 2.24) is 0 Å².